The van der Waals surface area contributed by atoms with Crippen molar-refractivity contribution in [3.8, 4) is 0 Å². The maximum absolute atomic E-state index is 5.76. The molecular weight excluding hydrogens is 154 g/mol. The zero-order valence-electron chi connectivity index (χ0n) is 7.29. The maximum Gasteiger partial charge on any atom is 0.125 e. The second-order valence-corrected chi connectivity index (χ2v) is 2.66. The average Bonchev–Trinajstić information content (AvgIpc) is 2.56. The fraction of sp³-hybridized carbons (Fsp3) is 0.625. The highest BCUT2D eigenvalue weighted by Crippen LogP contribution is 2.02. The monoisotopic (exact) mass is 169 g/mol. The predicted molar refractivity (Wildman–Crippen MR) is 46.6 cm³/mol. The van der Waals surface area contributed by atoms with Gasteiger partial charge in [0.05, 0.1) is 12.6 Å². The van der Waals surface area contributed by atoms with E-state index in [0.29, 0.717) is 6.61 Å². The molecule has 68 valence electrons. The van der Waals surface area contributed by atoms with Crippen LogP contribution in [0, 0.1) is 0 Å². The number of nitrogens with two attached hydrogens (primary N) is 1. The maximum atomic E-state index is 5.76. The smallest absolute Gasteiger partial charge is 0.125 e. The zero-order valence-corrected chi connectivity index (χ0v) is 7.29. The van der Waals surface area contributed by atoms with E-state index in [2.05, 4.69) is 16.9 Å². The predicted octanol–water partition coefficient (Wildman–Crippen LogP) is 0.836. The number of hydrogen-bond acceptors (Lipinski definition) is 3. The van der Waals surface area contributed by atoms with E-state index in [4.69, 9.17) is 10.5 Å². The van der Waals surface area contributed by atoms with Gasteiger partial charge in [0.25, 0.3) is 0 Å². The van der Waals surface area contributed by atoms with Crippen LogP contribution in [-0.2, 0) is 4.74 Å². The molecule has 0 aliphatic carbocycles. The van der Waals surface area contributed by atoms with Crippen LogP contribution >= 0.6 is 0 Å². The third-order valence-electron chi connectivity index (χ3n) is 1.52. The van der Waals surface area contributed by atoms with Gasteiger partial charge in [-0.25, -0.2) is 4.98 Å². The molecule has 1 heterocycles. The van der Waals surface area contributed by atoms with Crippen LogP contribution in [0.2, 0.25) is 0 Å². The van der Waals surface area contributed by atoms with Gasteiger partial charge >= 0.3 is 0 Å². The van der Waals surface area contributed by atoms with Gasteiger partial charge in [-0.1, -0.05) is 6.92 Å². The van der Waals surface area contributed by atoms with Crippen LogP contribution in [0.15, 0.2) is 12.4 Å². The Balaban J connectivity index is 2.25. The fourth-order valence-corrected chi connectivity index (χ4v) is 0.914. The second kappa shape index (κ2) is 4.90. The molecule has 0 spiro atoms. The number of imidazole rings is 1. The van der Waals surface area contributed by atoms with Crippen LogP contribution in [0.3, 0.4) is 0 Å². The van der Waals surface area contributed by atoms with Gasteiger partial charge in [-0.05, 0) is 6.42 Å². The Morgan fingerprint density at radius 2 is 2.58 bits per heavy atom. The summed E-state index contributed by atoms with van der Waals surface area (Å²) in [6, 6.07) is -0.133. The van der Waals surface area contributed by atoms with Crippen LogP contribution < -0.4 is 5.73 Å². The minimum Gasteiger partial charge on any atom is -0.379 e. The molecular formula is C8H15N3O. The van der Waals surface area contributed by atoms with Crippen LogP contribution in [0.4, 0.5) is 0 Å². The fourth-order valence-electron chi connectivity index (χ4n) is 0.914. The lowest BCUT2D eigenvalue weighted by atomic mass is 10.3. The number of nitrogens with zero attached hydrogens (tertiary/aromatic N) is 1. The summed E-state index contributed by atoms with van der Waals surface area (Å²) < 4.78 is 5.28. The third kappa shape index (κ3) is 2.64. The number of ether oxygens (including phenoxy) is 1. The molecule has 0 aliphatic rings. The van der Waals surface area contributed by atoms with Crippen molar-refractivity contribution >= 4 is 0 Å². The quantitative estimate of drug-likeness (QED) is 0.642. The van der Waals surface area contributed by atoms with E-state index in [9.17, 15) is 0 Å². The van der Waals surface area contributed by atoms with E-state index >= 15 is 0 Å². The van der Waals surface area contributed by atoms with E-state index in [1.54, 1.807) is 12.4 Å². The molecule has 12 heavy (non-hydrogen) atoms. The van der Waals surface area contributed by atoms with Crippen LogP contribution in [0.5, 0.6) is 0 Å². The molecule has 1 aromatic rings. The topological polar surface area (TPSA) is 63.9 Å². The molecule has 4 heteroatoms. The summed E-state index contributed by atoms with van der Waals surface area (Å²) in [5.41, 5.74) is 5.76. The van der Waals surface area contributed by atoms with Crippen LogP contribution in [0.25, 0.3) is 0 Å². The summed E-state index contributed by atoms with van der Waals surface area (Å²) in [4.78, 5) is 6.98. The summed E-state index contributed by atoms with van der Waals surface area (Å²) in [6.45, 7) is 3.36. The molecule has 0 amide bonds. The van der Waals surface area contributed by atoms with E-state index in [-0.39, 0.29) is 6.04 Å². The molecule has 0 bridgehead atoms. The summed E-state index contributed by atoms with van der Waals surface area (Å²) in [5, 5.41) is 0. The number of aromatic amines is 1. The highest BCUT2D eigenvalue weighted by Gasteiger charge is 2.06. The lowest BCUT2D eigenvalue weighted by molar-refractivity contribution is 0.120. The average molecular weight is 169 g/mol. The van der Waals surface area contributed by atoms with E-state index in [0.717, 1.165) is 18.9 Å². The minimum atomic E-state index is -0.133. The first kappa shape index (κ1) is 9.22. The van der Waals surface area contributed by atoms with Crippen molar-refractivity contribution in [1.29, 1.82) is 0 Å². The van der Waals surface area contributed by atoms with Gasteiger partial charge in [-0.15, -0.1) is 0 Å². The standard InChI is InChI=1S/C8H15N3O/c1-2-5-12-6-7(9)8-10-3-4-11-8/h3-4,7H,2,5-6,9H2,1H3,(H,10,11). The van der Waals surface area contributed by atoms with Gasteiger partial charge in [0.2, 0.25) is 0 Å². The molecule has 1 aromatic heterocycles. The van der Waals surface area contributed by atoms with Gasteiger partial charge in [0.15, 0.2) is 0 Å². The Labute approximate surface area is 72.1 Å². The molecule has 1 unspecified atom stereocenters. The Bertz CT molecular complexity index is 198. The molecule has 1 atom stereocenters. The highest BCUT2D eigenvalue weighted by atomic mass is 16.5. The molecule has 0 aliphatic heterocycles. The molecule has 1 rings (SSSR count). The number of aromatic nitrogens is 2. The highest BCUT2D eigenvalue weighted by molar-refractivity contribution is 4.93. The minimum absolute atomic E-state index is 0.133. The largest absolute Gasteiger partial charge is 0.379 e. The third-order valence-corrected chi connectivity index (χ3v) is 1.52. The number of H-pyrrole nitrogens is 1. The van der Waals surface area contributed by atoms with Crippen molar-refractivity contribution in [2.45, 2.75) is 19.4 Å². The van der Waals surface area contributed by atoms with Crippen molar-refractivity contribution in [3.05, 3.63) is 18.2 Å². The Morgan fingerprint density at radius 1 is 1.75 bits per heavy atom. The second-order valence-electron chi connectivity index (χ2n) is 2.66. The van der Waals surface area contributed by atoms with Gasteiger partial charge < -0.3 is 15.5 Å². The van der Waals surface area contributed by atoms with E-state index in [1.165, 1.54) is 0 Å². The first-order valence-electron chi connectivity index (χ1n) is 4.17. The molecule has 4 nitrogen and oxygen atoms in total. The first-order chi connectivity index (χ1) is 5.84. The van der Waals surface area contributed by atoms with Crippen molar-refractivity contribution in [3.63, 3.8) is 0 Å². The first-order valence-corrected chi connectivity index (χ1v) is 4.17. The van der Waals surface area contributed by atoms with Crippen molar-refractivity contribution in [2.75, 3.05) is 13.2 Å². The van der Waals surface area contributed by atoms with Gasteiger partial charge in [-0.3, -0.25) is 0 Å². The SMILES string of the molecule is CCCOCC(N)c1ncc[nH]1. The normalized spacial score (nSPS) is 13.2. The van der Waals surface area contributed by atoms with Crippen molar-refractivity contribution < 1.29 is 4.74 Å². The Morgan fingerprint density at radius 3 is 3.17 bits per heavy atom. The lowest BCUT2D eigenvalue weighted by Crippen LogP contribution is -2.18. The molecule has 0 radical (unpaired) electrons. The summed E-state index contributed by atoms with van der Waals surface area (Å²) in [7, 11) is 0. The number of nitrogens with one attached hydrogen (secondary N) is 1. The van der Waals surface area contributed by atoms with Crippen molar-refractivity contribution in [1.82, 2.24) is 9.97 Å². The molecule has 0 aromatic carbocycles. The zero-order chi connectivity index (χ0) is 8.81. The van der Waals surface area contributed by atoms with E-state index in [1.807, 2.05) is 0 Å². The summed E-state index contributed by atoms with van der Waals surface area (Å²) in [6.07, 6.45) is 4.47. The van der Waals surface area contributed by atoms with Crippen LogP contribution in [0.1, 0.15) is 25.2 Å². The molecule has 0 fully saturated rings. The molecule has 0 saturated carbocycles. The van der Waals surface area contributed by atoms with Gasteiger partial charge in [0.1, 0.15) is 5.82 Å². The van der Waals surface area contributed by atoms with Gasteiger partial charge in [-0.2, -0.15) is 0 Å². The van der Waals surface area contributed by atoms with Crippen molar-refractivity contribution in [2.24, 2.45) is 5.73 Å². The Hall–Kier alpha value is -0.870. The lowest BCUT2D eigenvalue weighted by Gasteiger charge is -2.08. The van der Waals surface area contributed by atoms with Crippen LogP contribution in [-0.4, -0.2) is 23.2 Å². The molecule has 0 saturated heterocycles. The van der Waals surface area contributed by atoms with E-state index < -0.39 is 0 Å². The number of hydrogen-bond donors (Lipinski definition) is 2. The summed E-state index contributed by atoms with van der Waals surface area (Å²) in [5.74, 6) is 0.783. The van der Waals surface area contributed by atoms with Gasteiger partial charge in [0, 0.05) is 19.0 Å². The molecule has 3 N–H and O–H groups in total. The summed E-state index contributed by atoms with van der Waals surface area (Å²) >= 11 is 0. The number of rotatable bonds is 5. The Kier molecular flexibility index (Phi) is 3.76.